The Hall–Kier alpha value is -1.38. The quantitative estimate of drug-likeness (QED) is 0.616. The van der Waals surface area contributed by atoms with E-state index in [4.69, 9.17) is 0 Å². The lowest BCUT2D eigenvalue weighted by Crippen LogP contribution is -2.25. The van der Waals surface area contributed by atoms with Crippen molar-refractivity contribution in [3.63, 3.8) is 0 Å². The van der Waals surface area contributed by atoms with Crippen LogP contribution in [-0.4, -0.2) is 18.2 Å². The summed E-state index contributed by atoms with van der Waals surface area (Å²) >= 11 is 0. The molecule has 0 aliphatic rings. The van der Waals surface area contributed by atoms with E-state index in [1.165, 1.54) is 6.08 Å². The topological polar surface area (TPSA) is 46.2 Å². The minimum atomic E-state index is -0.216. The molecule has 3 nitrogen and oxygen atoms in total. The summed E-state index contributed by atoms with van der Waals surface area (Å²) in [7, 11) is 0. The number of amides is 1. The third-order valence-corrected chi connectivity index (χ3v) is 1.27. The van der Waals surface area contributed by atoms with Gasteiger partial charge in [-0.1, -0.05) is 13.2 Å². The zero-order chi connectivity index (χ0) is 9.56. The third-order valence-electron chi connectivity index (χ3n) is 1.27. The molecule has 0 radical (unpaired) electrons. The molecular weight excluding hydrogens is 154 g/mol. The van der Waals surface area contributed by atoms with E-state index >= 15 is 0 Å². The maximum Gasteiger partial charge on any atom is 0.246 e. The summed E-state index contributed by atoms with van der Waals surface area (Å²) < 4.78 is 0. The standard InChI is InChI=1S/C9H13NO2/c1-4-8(11)5-6-10-9(12)7(2)3/h4H,1-2,5-6H2,3H3,(H,10,12). The second-order valence-corrected chi connectivity index (χ2v) is 2.46. The molecule has 0 spiro atoms. The van der Waals surface area contributed by atoms with Crippen LogP contribution >= 0.6 is 0 Å². The third kappa shape index (κ3) is 4.44. The van der Waals surface area contributed by atoms with Gasteiger partial charge in [0, 0.05) is 18.5 Å². The molecule has 12 heavy (non-hydrogen) atoms. The van der Waals surface area contributed by atoms with E-state index in [0.717, 1.165) is 0 Å². The van der Waals surface area contributed by atoms with Gasteiger partial charge in [0.1, 0.15) is 0 Å². The van der Waals surface area contributed by atoms with Crippen molar-refractivity contribution in [1.82, 2.24) is 5.32 Å². The summed E-state index contributed by atoms with van der Waals surface area (Å²) in [5.74, 6) is -0.288. The zero-order valence-electron chi connectivity index (χ0n) is 7.22. The van der Waals surface area contributed by atoms with Gasteiger partial charge in [0.05, 0.1) is 0 Å². The van der Waals surface area contributed by atoms with Crippen LogP contribution in [0.3, 0.4) is 0 Å². The fraction of sp³-hybridized carbons (Fsp3) is 0.333. The molecule has 0 rings (SSSR count). The van der Waals surface area contributed by atoms with Gasteiger partial charge in [-0.2, -0.15) is 0 Å². The van der Waals surface area contributed by atoms with E-state index in [2.05, 4.69) is 18.5 Å². The smallest absolute Gasteiger partial charge is 0.246 e. The molecule has 0 aromatic carbocycles. The lowest BCUT2D eigenvalue weighted by molar-refractivity contribution is -0.117. The van der Waals surface area contributed by atoms with Crippen molar-refractivity contribution in [2.45, 2.75) is 13.3 Å². The summed E-state index contributed by atoms with van der Waals surface area (Å²) in [5.41, 5.74) is 0.445. The van der Waals surface area contributed by atoms with Gasteiger partial charge in [0.25, 0.3) is 0 Å². The van der Waals surface area contributed by atoms with Crippen molar-refractivity contribution >= 4 is 11.7 Å². The summed E-state index contributed by atoms with van der Waals surface area (Å²) in [5, 5.41) is 2.54. The largest absolute Gasteiger partial charge is 0.352 e. The average Bonchev–Trinajstić information content (AvgIpc) is 2.03. The fourth-order valence-corrected chi connectivity index (χ4v) is 0.552. The lowest BCUT2D eigenvalue weighted by atomic mass is 10.2. The van der Waals surface area contributed by atoms with Gasteiger partial charge >= 0.3 is 0 Å². The van der Waals surface area contributed by atoms with Crippen LogP contribution in [0.25, 0.3) is 0 Å². The average molecular weight is 167 g/mol. The van der Waals surface area contributed by atoms with Gasteiger partial charge in [-0.15, -0.1) is 0 Å². The number of nitrogens with one attached hydrogen (secondary N) is 1. The fourth-order valence-electron chi connectivity index (χ4n) is 0.552. The van der Waals surface area contributed by atoms with Crippen LogP contribution in [0.1, 0.15) is 13.3 Å². The molecule has 0 atom stereocenters. The summed E-state index contributed by atoms with van der Waals surface area (Å²) in [4.78, 5) is 21.5. The summed E-state index contributed by atoms with van der Waals surface area (Å²) in [6.45, 7) is 8.73. The van der Waals surface area contributed by atoms with Crippen LogP contribution in [0.15, 0.2) is 24.8 Å². The highest BCUT2D eigenvalue weighted by atomic mass is 16.1. The maximum atomic E-state index is 10.9. The molecule has 66 valence electrons. The molecule has 0 aromatic rings. The van der Waals surface area contributed by atoms with E-state index in [-0.39, 0.29) is 11.7 Å². The maximum absolute atomic E-state index is 10.9. The molecule has 0 aliphatic heterocycles. The molecule has 0 saturated heterocycles. The second kappa shape index (κ2) is 5.29. The molecule has 0 saturated carbocycles. The Balaban J connectivity index is 3.57. The van der Waals surface area contributed by atoms with Crippen LogP contribution in [0.2, 0.25) is 0 Å². The molecule has 1 N–H and O–H groups in total. The van der Waals surface area contributed by atoms with Crippen molar-refractivity contribution in [3.05, 3.63) is 24.8 Å². The van der Waals surface area contributed by atoms with Crippen molar-refractivity contribution in [2.75, 3.05) is 6.54 Å². The molecule has 0 aliphatic carbocycles. The van der Waals surface area contributed by atoms with Gasteiger partial charge < -0.3 is 5.32 Å². The number of rotatable bonds is 5. The van der Waals surface area contributed by atoms with Crippen LogP contribution in [0.5, 0.6) is 0 Å². The molecule has 0 fully saturated rings. The summed E-state index contributed by atoms with van der Waals surface area (Å²) in [6, 6.07) is 0. The second-order valence-electron chi connectivity index (χ2n) is 2.46. The lowest BCUT2D eigenvalue weighted by Gasteiger charge is -2.01. The Labute approximate surface area is 72.2 Å². The SMILES string of the molecule is C=CC(=O)CCNC(=O)C(=C)C. The first-order valence-corrected chi connectivity index (χ1v) is 3.67. The van der Waals surface area contributed by atoms with E-state index in [9.17, 15) is 9.59 Å². The molecular formula is C9H13NO2. The molecule has 1 amide bonds. The number of carbonyl (C=O) groups excluding carboxylic acids is 2. The number of hydrogen-bond donors (Lipinski definition) is 1. The Morgan fingerprint density at radius 3 is 2.50 bits per heavy atom. The van der Waals surface area contributed by atoms with Gasteiger partial charge in [-0.05, 0) is 13.0 Å². The number of ketones is 1. The first-order chi connectivity index (χ1) is 5.57. The van der Waals surface area contributed by atoms with E-state index in [0.29, 0.717) is 18.5 Å². The molecule has 3 heteroatoms. The molecule has 0 heterocycles. The number of carbonyl (C=O) groups is 2. The van der Waals surface area contributed by atoms with Crippen molar-refractivity contribution in [3.8, 4) is 0 Å². The Kier molecular flexibility index (Phi) is 4.69. The Bertz CT molecular complexity index is 219. The molecule has 0 aromatic heterocycles. The predicted octanol–water partition coefficient (Wildman–Crippen LogP) is 0.824. The normalized spacial score (nSPS) is 8.75. The Morgan fingerprint density at radius 1 is 1.50 bits per heavy atom. The van der Waals surface area contributed by atoms with Gasteiger partial charge in [0.15, 0.2) is 5.78 Å². The minimum absolute atomic E-state index is 0.0722. The Morgan fingerprint density at radius 2 is 2.08 bits per heavy atom. The van der Waals surface area contributed by atoms with Crippen molar-refractivity contribution < 1.29 is 9.59 Å². The van der Waals surface area contributed by atoms with Crippen molar-refractivity contribution in [2.24, 2.45) is 0 Å². The predicted molar refractivity (Wildman–Crippen MR) is 47.6 cm³/mol. The monoisotopic (exact) mass is 167 g/mol. The van der Waals surface area contributed by atoms with Crippen LogP contribution in [0.4, 0.5) is 0 Å². The zero-order valence-corrected chi connectivity index (χ0v) is 7.22. The first kappa shape index (κ1) is 10.6. The minimum Gasteiger partial charge on any atom is -0.352 e. The number of hydrogen-bond acceptors (Lipinski definition) is 2. The van der Waals surface area contributed by atoms with E-state index < -0.39 is 0 Å². The van der Waals surface area contributed by atoms with Crippen LogP contribution in [-0.2, 0) is 9.59 Å². The van der Waals surface area contributed by atoms with Crippen LogP contribution < -0.4 is 5.32 Å². The highest BCUT2D eigenvalue weighted by Gasteiger charge is 2.00. The van der Waals surface area contributed by atoms with Crippen LogP contribution in [0, 0.1) is 0 Å². The first-order valence-electron chi connectivity index (χ1n) is 3.67. The summed E-state index contributed by atoms with van der Waals surface area (Å²) in [6.07, 6.45) is 1.54. The van der Waals surface area contributed by atoms with Gasteiger partial charge in [-0.25, -0.2) is 0 Å². The molecule has 0 bridgehead atoms. The van der Waals surface area contributed by atoms with Gasteiger partial charge in [0.2, 0.25) is 5.91 Å². The van der Waals surface area contributed by atoms with E-state index in [1.807, 2.05) is 0 Å². The highest BCUT2D eigenvalue weighted by molar-refractivity contribution is 5.93. The number of allylic oxidation sites excluding steroid dienone is 1. The van der Waals surface area contributed by atoms with Gasteiger partial charge in [-0.3, -0.25) is 9.59 Å². The highest BCUT2D eigenvalue weighted by Crippen LogP contribution is 1.87. The van der Waals surface area contributed by atoms with Crippen molar-refractivity contribution in [1.29, 1.82) is 0 Å². The molecule has 0 unspecified atom stereocenters. The van der Waals surface area contributed by atoms with E-state index in [1.54, 1.807) is 6.92 Å².